The molecule has 10 aromatic carbocycles. The Balaban J connectivity index is 0.899. The summed E-state index contributed by atoms with van der Waals surface area (Å²) in [7, 11) is 0. The van der Waals surface area contributed by atoms with E-state index in [-0.39, 0.29) is 0 Å². The van der Waals surface area contributed by atoms with E-state index in [0.717, 1.165) is 99.5 Å². The predicted molar refractivity (Wildman–Crippen MR) is 281 cm³/mol. The molecular formula is C63H38N4O2. The maximum atomic E-state index is 6.90. The summed E-state index contributed by atoms with van der Waals surface area (Å²) in [5.74, 6) is 1.77. The highest BCUT2D eigenvalue weighted by Crippen LogP contribution is 2.45. The van der Waals surface area contributed by atoms with Gasteiger partial charge in [0.1, 0.15) is 22.3 Å². The molecule has 0 unspecified atom stereocenters. The van der Waals surface area contributed by atoms with Gasteiger partial charge in [0.25, 0.3) is 0 Å². The van der Waals surface area contributed by atoms with E-state index in [4.69, 9.17) is 23.8 Å². The monoisotopic (exact) mass is 882 g/mol. The number of rotatable bonds is 7. The molecule has 4 heterocycles. The molecule has 4 aromatic heterocycles. The summed E-state index contributed by atoms with van der Waals surface area (Å²) in [5, 5.41) is 6.41. The molecule has 0 aliphatic carbocycles. The first-order chi connectivity index (χ1) is 34.2. The molecule has 0 amide bonds. The number of aromatic nitrogens is 4. The number of benzene rings is 10. The van der Waals surface area contributed by atoms with E-state index >= 15 is 0 Å². The number of hydrogen-bond donors (Lipinski definition) is 0. The molecule has 0 bridgehead atoms. The minimum absolute atomic E-state index is 0.573. The van der Waals surface area contributed by atoms with Crippen LogP contribution in [0.3, 0.4) is 0 Å². The van der Waals surface area contributed by atoms with Crippen LogP contribution in [0.25, 0.3) is 139 Å². The first-order valence-corrected chi connectivity index (χ1v) is 23.2. The molecule has 0 radical (unpaired) electrons. The average molecular weight is 883 g/mol. The quantitative estimate of drug-likeness (QED) is 0.159. The van der Waals surface area contributed by atoms with E-state index in [0.29, 0.717) is 17.5 Å². The Morgan fingerprint density at radius 2 is 0.812 bits per heavy atom. The fourth-order valence-electron chi connectivity index (χ4n) is 10.3. The maximum Gasteiger partial charge on any atom is 0.164 e. The lowest BCUT2D eigenvalue weighted by Crippen LogP contribution is -2.00. The highest BCUT2D eigenvalue weighted by atomic mass is 16.3. The van der Waals surface area contributed by atoms with Gasteiger partial charge in [0.05, 0.1) is 11.0 Å². The van der Waals surface area contributed by atoms with Crippen LogP contribution in [0.2, 0.25) is 0 Å². The second-order valence-electron chi connectivity index (χ2n) is 17.5. The van der Waals surface area contributed by atoms with E-state index in [2.05, 4.69) is 187 Å². The third kappa shape index (κ3) is 6.38. The number of para-hydroxylation sites is 2. The van der Waals surface area contributed by atoms with Gasteiger partial charge in [0, 0.05) is 66.3 Å². The van der Waals surface area contributed by atoms with Crippen molar-refractivity contribution in [3.8, 4) is 73.2 Å². The largest absolute Gasteiger partial charge is 0.456 e. The van der Waals surface area contributed by atoms with Gasteiger partial charge in [0.15, 0.2) is 17.5 Å². The zero-order valence-electron chi connectivity index (χ0n) is 37.0. The SMILES string of the molecule is c1ccc(-c2ccc(-c3nc(-c4ccccc4)nc(-c4cccc5oc6c(-c7cccc8oc9cc(-n%10c%11ccccc%11c%11cc(-c%12ccccc%12)ccc%11%10)ccc9c78)cccc6c45)n3)cc2)cc1. The second kappa shape index (κ2) is 15.6. The van der Waals surface area contributed by atoms with Crippen molar-refractivity contribution in [2.45, 2.75) is 0 Å². The van der Waals surface area contributed by atoms with Crippen LogP contribution in [0.4, 0.5) is 0 Å². The molecule has 0 spiro atoms. The lowest BCUT2D eigenvalue weighted by Gasteiger charge is -2.10. The average Bonchev–Trinajstić information content (AvgIpc) is 4.11. The van der Waals surface area contributed by atoms with Crippen LogP contribution in [0.15, 0.2) is 239 Å². The van der Waals surface area contributed by atoms with Crippen LogP contribution in [0.1, 0.15) is 0 Å². The molecule has 6 heteroatoms. The van der Waals surface area contributed by atoms with Crippen molar-refractivity contribution < 1.29 is 8.83 Å². The van der Waals surface area contributed by atoms with Gasteiger partial charge >= 0.3 is 0 Å². The third-order valence-electron chi connectivity index (χ3n) is 13.5. The second-order valence-corrected chi connectivity index (χ2v) is 17.5. The Morgan fingerprint density at radius 3 is 1.57 bits per heavy atom. The summed E-state index contributed by atoms with van der Waals surface area (Å²) in [6, 6.07) is 80.2. The summed E-state index contributed by atoms with van der Waals surface area (Å²) in [6.45, 7) is 0. The Morgan fingerprint density at radius 1 is 0.290 bits per heavy atom. The molecule has 14 aromatic rings. The van der Waals surface area contributed by atoms with Gasteiger partial charge in [-0.25, -0.2) is 15.0 Å². The fourth-order valence-corrected chi connectivity index (χ4v) is 10.3. The third-order valence-corrected chi connectivity index (χ3v) is 13.5. The van der Waals surface area contributed by atoms with Crippen molar-refractivity contribution in [1.82, 2.24) is 19.5 Å². The van der Waals surface area contributed by atoms with E-state index in [1.165, 1.54) is 21.9 Å². The fraction of sp³-hybridized carbons (Fsp3) is 0. The van der Waals surface area contributed by atoms with Crippen molar-refractivity contribution in [1.29, 1.82) is 0 Å². The Bertz CT molecular complexity index is 4290. The van der Waals surface area contributed by atoms with E-state index in [9.17, 15) is 0 Å². The molecule has 0 aliphatic rings. The number of fused-ring (bicyclic) bond motifs is 9. The van der Waals surface area contributed by atoms with Gasteiger partial charge in [-0.1, -0.05) is 182 Å². The van der Waals surface area contributed by atoms with Crippen molar-refractivity contribution in [2.75, 3.05) is 0 Å². The predicted octanol–water partition coefficient (Wildman–Crippen LogP) is 16.8. The molecule has 322 valence electrons. The molecule has 69 heavy (non-hydrogen) atoms. The smallest absolute Gasteiger partial charge is 0.164 e. The minimum atomic E-state index is 0.573. The number of nitrogens with zero attached hydrogens (tertiary/aromatic N) is 4. The molecule has 0 saturated heterocycles. The molecule has 6 nitrogen and oxygen atoms in total. The Labute approximate surface area is 396 Å². The van der Waals surface area contributed by atoms with Crippen LogP contribution in [-0.4, -0.2) is 19.5 Å². The molecule has 0 fully saturated rings. The molecule has 0 aliphatic heterocycles. The van der Waals surface area contributed by atoms with Crippen LogP contribution in [0.5, 0.6) is 0 Å². The standard InChI is InChI=1S/C63H38N4O2/c1-4-15-39(16-5-1)41-29-31-43(32-30-41)62-64-61(42-19-8-3-9-20-42)65-63(66-62)51-25-14-28-56-59(51)50-24-12-23-48(60(50)69-56)47-22-13-27-55-58(47)49-35-34-45(38-57(49)68-55)67-53-26-11-10-21-46(53)52-37-44(33-36-54(52)67)40-17-6-2-7-18-40/h1-38H. The van der Waals surface area contributed by atoms with Gasteiger partial charge in [0.2, 0.25) is 0 Å². The maximum absolute atomic E-state index is 6.90. The van der Waals surface area contributed by atoms with Crippen molar-refractivity contribution >= 4 is 65.7 Å². The van der Waals surface area contributed by atoms with E-state index in [1.807, 2.05) is 48.5 Å². The minimum Gasteiger partial charge on any atom is -0.456 e. The Hall–Kier alpha value is -9.39. The van der Waals surface area contributed by atoms with Crippen LogP contribution in [0, 0.1) is 0 Å². The lowest BCUT2D eigenvalue weighted by molar-refractivity contribution is 0.668. The highest BCUT2D eigenvalue weighted by Gasteiger charge is 2.22. The molecule has 0 atom stereocenters. The summed E-state index contributed by atoms with van der Waals surface area (Å²) in [5.41, 5.74) is 15.9. The molecule has 0 saturated carbocycles. The van der Waals surface area contributed by atoms with E-state index < -0.39 is 0 Å². The van der Waals surface area contributed by atoms with Crippen LogP contribution >= 0.6 is 0 Å². The summed E-state index contributed by atoms with van der Waals surface area (Å²) in [6.07, 6.45) is 0. The number of furan rings is 2. The zero-order chi connectivity index (χ0) is 45.4. The van der Waals surface area contributed by atoms with E-state index in [1.54, 1.807) is 0 Å². The molecular weight excluding hydrogens is 845 g/mol. The Kier molecular flexibility index (Phi) is 8.79. The number of hydrogen-bond acceptors (Lipinski definition) is 5. The topological polar surface area (TPSA) is 69.9 Å². The summed E-state index contributed by atoms with van der Waals surface area (Å²) >= 11 is 0. The zero-order valence-corrected chi connectivity index (χ0v) is 37.0. The van der Waals surface area contributed by atoms with Crippen molar-refractivity contribution in [3.05, 3.63) is 231 Å². The van der Waals surface area contributed by atoms with Crippen LogP contribution < -0.4 is 0 Å². The van der Waals surface area contributed by atoms with Gasteiger partial charge in [-0.15, -0.1) is 0 Å². The normalized spacial score (nSPS) is 11.8. The lowest BCUT2D eigenvalue weighted by atomic mass is 9.96. The summed E-state index contributed by atoms with van der Waals surface area (Å²) < 4.78 is 16.0. The van der Waals surface area contributed by atoms with Gasteiger partial charge < -0.3 is 13.4 Å². The van der Waals surface area contributed by atoms with Gasteiger partial charge in [-0.3, -0.25) is 0 Å². The van der Waals surface area contributed by atoms with Crippen molar-refractivity contribution in [3.63, 3.8) is 0 Å². The van der Waals surface area contributed by atoms with Gasteiger partial charge in [-0.05, 0) is 70.3 Å². The van der Waals surface area contributed by atoms with Gasteiger partial charge in [-0.2, -0.15) is 0 Å². The molecule has 0 N–H and O–H groups in total. The first kappa shape index (κ1) is 38.8. The highest BCUT2D eigenvalue weighted by molar-refractivity contribution is 6.19. The van der Waals surface area contributed by atoms with Crippen molar-refractivity contribution in [2.24, 2.45) is 0 Å². The molecule has 14 rings (SSSR count). The first-order valence-electron chi connectivity index (χ1n) is 23.2. The van der Waals surface area contributed by atoms with Crippen LogP contribution in [-0.2, 0) is 0 Å². The summed E-state index contributed by atoms with van der Waals surface area (Å²) in [4.78, 5) is 15.4.